The number of likely N-dealkylation sites (tertiary alicyclic amines) is 1. The van der Waals surface area contributed by atoms with Crippen molar-refractivity contribution in [3.63, 3.8) is 0 Å². The number of allylic oxidation sites excluding steroid dienone is 1. The first-order valence-electron chi connectivity index (χ1n) is 8.61. The van der Waals surface area contributed by atoms with Crippen molar-refractivity contribution in [2.75, 3.05) is 6.61 Å². The largest absolute Gasteiger partial charge is 0.465 e. The molecule has 1 fully saturated rings. The first-order chi connectivity index (χ1) is 12.3. The Morgan fingerprint density at radius 3 is 2.42 bits per heavy atom. The van der Waals surface area contributed by atoms with Crippen LogP contribution in [0.3, 0.4) is 0 Å². The van der Waals surface area contributed by atoms with Gasteiger partial charge in [0, 0.05) is 6.92 Å². The molecule has 0 saturated carbocycles. The highest BCUT2D eigenvalue weighted by molar-refractivity contribution is 6.47. The molecule has 2 atom stereocenters. The van der Waals surface area contributed by atoms with Crippen LogP contribution in [0.1, 0.15) is 39.2 Å². The molecule has 1 aromatic rings. The number of benzene rings is 1. The van der Waals surface area contributed by atoms with Crippen molar-refractivity contribution >= 4 is 23.6 Å². The number of nitrogens with zero attached hydrogens (tertiary/aromatic N) is 1. The Morgan fingerprint density at radius 1 is 1.19 bits per heavy atom. The Bertz CT molecular complexity index is 828. The molecule has 26 heavy (non-hydrogen) atoms. The van der Waals surface area contributed by atoms with Crippen molar-refractivity contribution in [1.82, 2.24) is 4.90 Å². The summed E-state index contributed by atoms with van der Waals surface area (Å²) < 4.78 is 5.24. The minimum absolute atomic E-state index is 0.0287. The van der Waals surface area contributed by atoms with Gasteiger partial charge in [0.2, 0.25) is 11.7 Å². The topological polar surface area (TPSA) is 80.8 Å². The molecule has 2 aliphatic rings. The second-order valence-electron chi connectivity index (χ2n) is 6.77. The van der Waals surface area contributed by atoms with Crippen molar-refractivity contribution in [1.29, 1.82) is 0 Å². The van der Waals surface area contributed by atoms with Crippen molar-refractivity contribution in [3.8, 4) is 0 Å². The molecule has 6 heteroatoms. The molecule has 6 nitrogen and oxygen atoms in total. The van der Waals surface area contributed by atoms with Gasteiger partial charge in [0.15, 0.2) is 5.41 Å². The van der Waals surface area contributed by atoms with Gasteiger partial charge in [0.1, 0.15) is 5.54 Å². The zero-order valence-electron chi connectivity index (χ0n) is 15.1. The maximum Gasteiger partial charge on any atom is 0.323 e. The summed E-state index contributed by atoms with van der Waals surface area (Å²) in [6, 6.07) is 8.82. The third-order valence-corrected chi connectivity index (χ3v) is 5.35. The molecule has 1 heterocycles. The maximum absolute atomic E-state index is 13.1. The van der Waals surface area contributed by atoms with Crippen molar-refractivity contribution in [2.45, 2.75) is 39.2 Å². The van der Waals surface area contributed by atoms with E-state index in [1.165, 1.54) is 6.92 Å². The predicted molar refractivity (Wildman–Crippen MR) is 92.7 cm³/mol. The maximum atomic E-state index is 13.1. The molecule has 1 saturated heterocycles. The van der Waals surface area contributed by atoms with E-state index < -0.39 is 34.5 Å². The lowest BCUT2D eigenvalue weighted by molar-refractivity contribution is -0.167. The van der Waals surface area contributed by atoms with Gasteiger partial charge in [-0.3, -0.25) is 24.1 Å². The van der Waals surface area contributed by atoms with E-state index in [-0.39, 0.29) is 19.4 Å². The van der Waals surface area contributed by atoms with Crippen LogP contribution < -0.4 is 0 Å². The van der Waals surface area contributed by atoms with Gasteiger partial charge in [0.05, 0.1) is 6.61 Å². The van der Waals surface area contributed by atoms with Crippen LogP contribution in [-0.4, -0.2) is 35.1 Å². The van der Waals surface area contributed by atoms with E-state index in [1.54, 1.807) is 43.3 Å². The highest BCUT2D eigenvalue weighted by atomic mass is 16.5. The molecule has 3 rings (SSSR count). The van der Waals surface area contributed by atoms with Crippen LogP contribution in [0, 0.1) is 5.41 Å². The van der Waals surface area contributed by atoms with Crippen LogP contribution in [-0.2, 0) is 29.5 Å². The third kappa shape index (κ3) is 2.11. The van der Waals surface area contributed by atoms with Crippen LogP contribution in [0.4, 0.5) is 0 Å². The lowest BCUT2D eigenvalue weighted by atomic mass is 9.58. The molecule has 0 spiro atoms. The summed E-state index contributed by atoms with van der Waals surface area (Å²) in [5.74, 6) is -3.14. The lowest BCUT2D eigenvalue weighted by Gasteiger charge is -2.48. The van der Waals surface area contributed by atoms with Crippen LogP contribution in [0.15, 0.2) is 42.0 Å². The molecule has 0 radical (unpaired) electrons. The number of Topliss-reactive ketones (excluding diaryl/α,β-unsaturated/α-hetero) is 1. The van der Waals surface area contributed by atoms with E-state index >= 15 is 0 Å². The summed E-state index contributed by atoms with van der Waals surface area (Å²) >= 11 is 0. The molecular weight excluding hydrogens is 334 g/mol. The molecule has 1 aliphatic carbocycles. The van der Waals surface area contributed by atoms with Gasteiger partial charge in [0.25, 0.3) is 5.91 Å². The number of rotatable bonds is 3. The van der Waals surface area contributed by atoms with E-state index in [0.717, 1.165) is 10.5 Å². The van der Waals surface area contributed by atoms with Crippen LogP contribution in [0.5, 0.6) is 0 Å². The van der Waals surface area contributed by atoms with E-state index in [4.69, 9.17) is 4.74 Å². The fourth-order valence-electron chi connectivity index (χ4n) is 4.33. The van der Waals surface area contributed by atoms with Crippen LogP contribution in [0.25, 0.3) is 0 Å². The Hall–Kier alpha value is -2.76. The van der Waals surface area contributed by atoms with Crippen LogP contribution in [0.2, 0.25) is 0 Å². The van der Waals surface area contributed by atoms with Crippen LogP contribution >= 0.6 is 0 Å². The lowest BCUT2D eigenvalue weighted by Crippen LogP contribution is -2.59. The predicted octanol–water partition coefficient (Wildman–Crippen LogP) is 2.13. The van der Waals surface area contributed by atoms with Gasteiger partial charge >= 0.3 is 5.97 Å². The summed E-state index contributed by atoms with van der Waals surface area (Å²) in [6.07, 6.45) is 2.03. The summed E-state index contributed by atoms with van der Waals surface area (Å²) in [7, 11) is 0. The number of imide groups is 1. The molecule has 0 bridgehead atoms. The van der Waals surface area contributed by atoms with Gasteiger partial charge in [-0.15, -0.1) is 0 Å². The molecule has 2 amide bonds. The number of hydrogen-bond donors (Lipinski definition) is 0. The molecule has 0 N–H and O–H groups in total. The van der Waals surface area contributed by atoms with Gasteiger partial charge in [-0.25, -0.2) is 0 Å². The van der Waals surface area contributed by atoms with Gasteiger partial charge in [-0.05, 0) is 32.3 Å². The number of hydrogen-bond acceptors (Lipinski definition) is 5. The number of carbonyl (C=O) groups excluding carboxylic acids is 4. The van der Waals surface area contributed by atoms with Crippen molar-refractivity contribution in [2.24, 2.45) is 5.41 Å². The number of esters is 1. The average molecular weight is 355 g/mol. The highest BCUT2D eigenvalue weighted by Gasteiger charge is 2.75. The van der Waals surface area contributed by atoms with Gasteiger partial charge in [-0.1, -0.05) is 42.0 Å². The van der Waals surface area contributed by atoms with Gasteiger partial charge < -0.3 is 4.74 Å². The third-order valence-electron chi connectivity index (χ3n) is 5.35. The highest BCUT2D eigenvalue weighted by Crippen LogP contribution is 2.59. The molecular formula is C20H21NO5. The average Bonchev–Trinajstić information content (AvgIpc) is 2.82. The second kappa shape index (κ2) is 6.20. The zero-order chi connectivity index (χ0) is 19.1. The Labute approximate surface area is 151 Å². The van der Waals surface area contributed by atoms with E-state index in [0.29, 0.717) is 5.56 Å². The summed E-state index contributed by atoms with van der Waals surface area (Å²) in [5.41, 5.74) is -1.68. The number of fused-ring (bicyclic) bond motifs is 1. The number of ketones is 1. The van der Waals surface area contributed by atoms with E-state index in [1.807, 2.05) is 6.92 Å². The standard InChI is InChI=1S/C20H21NO5/c1-4-26-18(25)19-11-10-13(2)12-20(19,15-8-6-5-7-9-15)21(14(3)22)17(24)16(19)23/h5-10H,4,11-12H2,1-3H3/t19-,20+/m1/s1. The Kier molecular flexibility index (Phi) is 4.30. The molecule has 0 aromatic heterocycles. The summed E-state index contributed by atoms with van der Waals surface area (Å²) in [5, 5.41) is 0. The monoisotopic (exact) mass is 355 g/mol. The number of ether oxygens (including phenoxy) is 1. The number of carbonyl (C=O) groups is 4. The SMILES string of the molecule is CCOC(=O)[C@]12CC=C(C)C[C@@]1(c1ccccc1)N(C(C)=O)C(=O)C2=O. The minimum Gasteiger partial charge on any atom is -0.465 e. The van der Waals surface area contributed by atoms with E-state index in [9.17, 15) is 19.2 Å². The molecule has 1 aliphatic heterocycles. The molecule has 136 valence electrons. The summed E-state index contributed by atoms with van der Waals surface area (Å²) in [4.78, 5) is 52.4. The minimum atomic E-state index is -1.76. The molecule has 0 unspecified atom stereocenters. The number of amides is 2. The quantitative estimate of drug-likeness (QED) is 0.359. The normalized spacial score (nSPS) is 27.8. The van der Waals surface area contributed by atoms with Crippen molar-refractivity contribution < 1.29 is 23.9 Å². The first kappa shape index (κ1) is 18.0. The first-order valence-corrected chi connectivity index (χ1v) is 8.61. The van der Waals surface area contributed by atoms with E-state index in [2.05, 4.69) is 0 Å². The smallest absolute Gasteiger partial charge is 0.323 e. The van der Waals surface area contributed by atoms with Crippen molar-refractivity contribution in [3.05, 3.63) is 47.5 Å². The Balaban J connectivity index is 2.40. The zero-order valence-corrected chi connectivity index (χ0v) is 15.1. The summed E-state index contributed by atoms with van der Waals surface area (Å²) in [6.45, 7) is 4.83. The van der Waals surface area contributed by atoms with Gasteiger partial charge in [-0.2, -0.15) is 0 Å². The molecule has 1 aromatic carbocycles. The fraction of sp³-hybridized carbons (Fsp3) is 0.400. The second-order valence-corrected chi connectivity index (χ2v) is 6.77. The Morgan fingerprint density at radius 2 is 1.85 bits per heavy atom. The fourth-order valence-corrected chi connectivity index (χ4v) is 4.33.